The Bertz CT molecular complexity index is 1170. The Balaban J connectivity index is 1.91. The number of nitriles is 1. The molecule has 32 heavy (non-hydrogen) atoms. The number of allylic oxidation sites excluding steroid dienone is 1. The molecule has 0 aliphatic rings. The predicted molar refractivity (Wildman–Crippen MR) is 120 cm³/mol. The molecule has 8 nitrogen and oxygen atoms in total. The first-order valence-electron chi connectivity index (χ1n) is 9.15. The van der Waals surface area contributed by atoms with Gasteiger partial charge in [-0.2, -0.15) is 5.26 Å². The van der Waals surface area contributed by atoms with Gasteiger partial charge in [0.05, 0.1) is 60.7 Å². The highest BCUT2D eigenvalue weighted by Gasteiger charge is 2.14. The summed E-state index contributed by atoms with van der Waals surface area (Å²) < 4.78 is 21.7. The Hall–Kier alpha value is -3.54. The predicted octanol–water partition coefficient (Wildman–Crippen LogP) is 4.85. The highest BCUT2D eigenvalue weighted by molar-refractivity contribution is 6.37. The molecule has 0 aromatic carbocycles. The van der Waals surface area contributed by atoms with Crippen LogP contribution >= 0.6 is 23.2 Å². The van der Waals surface area contributed by atoms with Crippen molar-refractivity contribution in [1.82, 2.24) is 15.0 Å². The van der Waals surface area contributed by atoms with Crippen molar-refractivity contribution in [2.75, 3.05) is 21.3 Å². The summed E-state index contributed by atoms with van der Waals surface area (Å²) in [4.78, 5) is 12.5. The lowest BCUT2D eigenvalue weighted by atomic mass is 10.1. The van der Waals surface area contributed by atoms with E-state index in [1.54, 1.807) is 24.4 Å². The average Bonchev–Trinajstić information content (AvgIpc) is 2.82. The smallest absolute Gasteiger partial charge is 0.179 e. The minimum atomic E-state index is 0.119. The zero-order valence-electron chi connectivity index (χ0n) is 17.4. The highest BCUT2D eigenvalue weighted by atomic mass is 35.5. The summed E-state index contributed by atoms with van der Waals surface area (Å²) in [6.45, 7) is 0.119. The average molecular weight is 473 g/mol. The Morgan fingerprint density at radius 2 is 1.53 bits per heavy atom. The molecule has 0 saturated carbocycles. The van der Waals surface area contributed by atoms with Crippen LogP contribution in [0.5, 0.6) is 23.0 Å². The van der Waals surface area contributed by atoms with Crippen LogP contribution in [0, 0.1) is 11.3 Å². The zero-order valence-corrected chi connectivity index (χ0v) is 18.9. The molecule has 3 rings (SSSR count). The van der Waals surface area contributed by atoms with Crippen LogP contribution < -0.4 is 18.9 Å². The van der Waals surface area contributed by atoms with E-state index in [9.17, 15) is 5.26 Å². The van der Waals surface area contributed by atoms with Crippen LogP contribution in [0.15, 0.2) is 36.9 Å². The minimum Gasteiger partial charge on any atom is -0.493 e. The van der Waals surface area contributed by atoms with E-state index in [4.69, 9.17) is 42.1 Å². The summed E-state index contributed by atoms with van der Waals surface area (Å²) in [6, 6.07) is 5.41. The third-order valence-electron chi connectivity index (χ3n) is 4.33. The molecule has 0 N–H and O–H groups in total. The van der Waals surface area contributed by atoms with Crippen molar-refractivity contribution >= 4 is 34.9 Å². The molecule has 3 aromatic rings. The van der Waals surface area contributed by atoms with E-state index in [1.807, 2.05) is 0 Å². The molecule has 0 unspecified atom stereocenters. The van der Waals surface area contributed by atoms with Crippen LogP contribution in [0.2, 0.25) is 10.0 Å². The van der Waals surface area contributed by atoms with E-state index in [0.717, 1.165) is 0 Å². The van der Waals surface area contributed by atoms with Crippen molar-refractivity contribution in [2.24, 2.45) is 0 Å². The molecular formula is C22H18Cl2N4O4. The summed E-state index contributed by atoms with van der Waals surface area (Å²) >= 11 is 12.3. The second-order valence-corrected chi connectivity index (χ2v) is 7.04. The Morgan fingerprint density at radius 1 is 0.906 bits per heavy atom. The fourth-order valence-electron chi connectivity index (χ4n) is 2.71. The first-order chi connectivity index (χ1) is 15.5. The van der Waals surface area contributed by atoms with Crippen molar-refractivity contribution < 1.29 is 18.9 Å². The van der Waals surface area contributed by atoms with Gasteiger partial charge in [-0.1, -0.05) is 23.2 Å². The number of rotatable bonds is 8. The van der Waals surface area contributed by atoms with Crippen LogP contribution in [0.25, 0.3) is 11.6 Å². The Morgan fingerprint density at radius 3 is 2.16 bits per heavy atom. The lowest BCUT2D eigenvalue weighted by Crippen LogP contribution is -2.02. The van der Waals surface area contributed by atoms with Crippen molar-refractivity contribution in [3.05, 3.63) is 63.9 Å². The third-order valence-corrected chi connectivity index (χ3v) is 4.93. The number of ether oxygens (including phenoxy) is 4. The number of nitrogens with zero attached hydrogens (tertiary/aromatic N) is 4. The monoisotopic (exact) mass is 472 g/mol. The van der Waals surface area contributed by atoms with E-state index in [2.05, 4.69) is 21.0 Å². The standard InChI is InChI=1S/C22H18Cl2N4O4/c1-29-19-5-14(27-10-21(19)30-2)12-32-20-6-18(28-11-22(20)31-3)13(7-25)4-15-16(23)8-26-9-17(15)24/h4-6,8-11H,12H2,1-3H3/b13-4+. The summed E-state index contributed by atoms with van der Waals surface area (Å²) in [6.07, 6.45) is 7.45. The molecule has 0 atom stereocenters. The topological polar surface area (TPSA) is 99.4 Å². The number of methoxy groups -OCH3 is 3. The van der Waals surface area contributed by atoms with E-state index in [0.29, 0.717) is 50.0 Å². The lowest BCUT2D eigenvalue weighted by molar-refractivity contribution is 0.278. The summed E-state index contributed by atoms with van der Waals surface area (Å²) in [5.74, 6) is 1.82. The van der Waals surface area contributed by atoms with E-state index >= 15 is 0 Å². The van der Waals surface area contributed by atoms with Crippen molar-refractivity contribution in [2.45, 2.75) is 6.61 Å². The van der Waals surface area contributed by atoms with Gasteiger partial charge in [0.25, 0.3) is 0 Å². The van der Waals surface area contributed by atoms with Gasteiger partial charge in [-0.25, -0.2) is 0 Å². The molecule has 0 amide bonds. The van der Waals surface area contributed by atoms with Crippen LogP contribution in [-0.4, -0.2) is 36.3 Å². The lowest BCUT2D eigenvalue weighted by Gasteiger charge is -2.13. The number of halogens is 2. The van der Waals surface area contributed by atoms with Gasteiger partial charge in [0.15, 0.2) is 23.0 Å². The fraction of sp³-hybridized carbons (Fsp3) is 0.182. The molecule has 0 saturated heterocycles. The first-order valence-corrected chi connectivity index (χ1v) is 9.91. The van der Waals surface area contributed by atoms with Crippen LogP contribution in [0.4, 0.5) is 0 Å². The molecule has 0 fully saturated rings. The minimum absolute atomic E-state index is 0.119. The van der Waals surface area contributed by atoms with E-state index in [1.165, 1.54) is 39.9 Å². The maximum absolute atomic E-state index is 9.69. The van der Waals surface area contributed by atoms with Crippen molar-refractivity contribution in [3.63, 3.8) is 0 Å². The van der Waals surface area contributed by atoms with Gasteiger partial charge in [-0.3, -0.25) is 15.0 Å². The van der Waals surface area contributed by atoms with Gasteiger partial charge in [-0.05, 0) is 6.08 Å². The SMILES string of the molecule is COc1cnc(COc2cc(/C(C#N)=C/c3c(Cl)cncc3Cl)ncc2OC)cc1OC. The van der Waals surface area contributed by atoms with Gasteiger partial charge in [0.2, 0.25) is 0 Å². The number of hydrogen-bond donors (Lipinski definition) is 0. The first kappa shape index (κ1) is 23.1. The largest absolute Gasteiger partial charge is 0.493 e. The van der Waals surface area contributed by atoms with Gasteiger partial charge in [0, 0.05) is 30.1 Å². The molecule has 0 bridgehead atoms. The van der Waals surface area contributed by atoms with Crippen LogP contribution in [0.1, 0.15) is 17.0 Å². The van der Waals surface area contributed by atoms with Gasteiger partial charge >= 0.3 is 0 Å². The maximum Gasteiger partial charge on any atom is 0.179 e. The fourth-order valence-corrected chi connectivity index (χ4v) is 3.19. The molecule has 0 aliphatic carbocycles. The third kappa shape index (κ3) is 5.19. The maximum atomic E-state index is 9.69. The van der Waals surface area contributed by atoms with Crippen molar-refractivity contribution in [1.29, 1.82) is 5.26 Å². The van der Waals surface area contributed by atoms with Crippen molar-refractivity contribution in [3.8, 4) is 29.1 Å². The highest BCUT2D eigenvalue weighted by Crippen LogP contribution is 2.33. The molecule has 3 heterocycles. The molecule has 0 radical (unpaired) electrons. The van der Waals surface area contributed by atoms with Gasteiger partial charge < -0.3 is 18.9 Å². The van der Waals surface area contributed by atoms with Gasteiger partial charge in [0.1, 0.15) is 12.7 Å². The summed E-state index contributed by atoms with van der Waals surface area (Å²) in [5, 5.41) is 10.3. The second-order valence-electron chi connectivity index (χ2n) is 6.23. The van der Waals surface area contributed by atoms with Gasteiger partial charge in [-0.15, -0.1) is 0 Å². The number of aromatic nitrogens is 3. The van der Waals surface area contributed by atoms with E-state index < -0.39 is 0 Å². The molecular weight excluding hydrogens is 455 g/mol. The Labute approximate surface area is 195 Å². The van der Waals surface area contributed by atoms with E-state index in [-0.39, 0.29) is 12.2 Å². The van der Waals surface area contributed by atoms with Crippen LogP contribution in [-0.2, 0) is 6.61 Å². The van der Waals surface area contributed by atoms with Crippen LogP contribution in [0.3, 0.4) is 0 Å². The summed E-state index contributed by atoms with van der Waals surface area (Å²) in [7, 11) is 4.57. The molecule has 0 spiro atoms. The zero-order chi connectivity index (χ0) is 23.1. The molecule has 3 aromatic heterocycles. The number of pyridine rings is 3. The molecule has 10 heteroatoms. The Kier molecular flexibility index (Phi) is 7.71. The second kappa shape index (κ2) is 10.7. The normalized spacial score (nSPS) is 10.9. The quantitative estimate of drug-likeness (QED) is 0.429. The molecule has 0 aliphatic heterocycles. The molecule has 164 valence electrons. The summed E-state index contributed by atoms with van der Waals surface area (Å²) in [5.41, 5.74) is 1.66. The number of hydrogen-bond acceptors (Lipinski definition) is 8.